The summed E-state index contributed by atoms with van der Waals surface area (Å²) in [7, 11) is 0. The van der Waals surface area contributed by atoms with Crippen LogP contribution in [0.25, 0.3) is 5.52 Å². The van der Waals surface area contributed by atoms with Gasteiger partial charge in [0.05, 0.1) is 16.2 Å². The lowest BCUT2D eigenvalue weighted by Gasteiger charge is -2.09. The molecule has 0 fully saturated rings. The van der Waals surface area contributed by atoms with Gasteiger partial charge in [-0.2, -0.15) is 0 Å². The van der Waals surface area contributed by atoms with Gasteiger partial charge in [0, 0.05) is 16.8 Å². The normalized spacial score (nSPS) is 11.3. The van der Waals surface area contributed by atoms with Crippen molar-refractivity contribution in [1.29, 1.82) is 10.8 Å². The minimum atomic E-state index is -2.89. The Hall–Kier alpha value is -1.83. The maximum absolute atomic E-state index is 12.6. The lowest BCUT2D eigenvalue weighted by molar-refractivity contribution is 0.228. The van der Waals surface area contributed by atoms with Crippen LogP contribution in [-0.4, -0.2) is 20.9 Å². The number of halogens is 3. The number of hydrogen-bond donors (Lipinski definition) is 2. The molecule has 0 unspecified atom stereocenters. The summed E-state index contributed by atoms with van der Waals surface area (Å²) in [5.41, 5.74) is 3.21. The van der Waals surface area contributed by atoms with Gasteiger partial charge in [-0.05, 0) is 41.9 Å². The van der Waals surface area contributed by atoms with E-state index in [9.17, 15) is 8.78 Å². The number of hydrogen-bond acceptors (Lipinski definition) is 4. The Kier molecular flexibility index (Phi) is 6.24. The molecule has 3 aromatic rings. The van der Waals surface area contributed by atoms with Crippen LogP contribution in [0, 0.1) is 17.7 Å². The third-order valence-corrected chi connectivity index (χ3v) is 6.00. The molecular formula is C19H16ClF2N3S2. The SMILES string of the molecule is Cc1cc(C(=N)SC(=N)C(F)F)n2cc(SCc3ccccc3)cc(Cl)c12. The molecule has 3 nitrogen and oxygen atoms in total. The third kappa shape index (κ3) is 4.54. The topological polar surface area (TPSA) is 52.1 Å². The van der Waals surface area contributed by atoms with E-state index in [-0.39, 0.29) is 5.04 Å². The van der Waals surface area contributed by atoms with Gasteiger partial charge in [-0.3, -0.25) is 10.8 Å². The van der Waals surface area contributed by atoms with Crippen LogP contribution in [0.1, 0.15) is 16.8 Å². The van der Waals surface area contributed by atoms with Crippen LogP contribution in [0.5, 0.6) is 0 Å². The number of pyridine rings is 1. The molecule has 0 bridgehead atoms. The van der Waals surface area contributed by atoms with E-state index in [1.807, 2.05) is 49.5 Å². The summed E-state index contributed by atoms with van der Waals surface area (Å²) in [5.74, 6) is 0.764. The largest absolute Gasteiger partial charge is 0.312 e. The zero-order valence-corrected chi connectivity index (χ0v) is 16.7. The number of fused-ring (bicyclic) bond motifs is 1. The highest BCUT2D eigenvalue weighted by molar-refractivity contribution is 8.26. The average molecular weight is 424 g/mol. The van der Waals surface area contributed by atoms with Crippen molar-refractivity contribution < 1.29 is 8.78 Å². The predicted molar refractivity (Wildman–Crippen MR) is 111 cm³/mol. The Morgan fingerprint density at radius 1 is 1.19 bits per heavy atom. The van der Waals surface area contributed by atoms with Crippen molar-refractivity contribution in [3.05, 3.63) is 70.5 Å². The first-order chi connectivity index (χ1) is 12.9. The molecule has 0 spiro atoms. The molecule has 2 aromatic heterocycles. The fraction of sp³-hybridized carbons (Fsp3) is 0.158. The fourth-order valence-electron chi connectivity index (χ4n) is 2.65. The second kappa shape index (κ2) is 8.46. The minimum absolute atomic E-state index is 0.107. The van der Waals surface area contributed by atoms with Gasteiger partial charge in [-0.15, -0.1) is 11.8 Å². The molecule has 1 aromatic carbocycles. The van der Waals surface area contributed by atoms with Gasteiger partial charge < -0.3 is 4.40 Å². The monoisotopic (exact) mass is 423 g/mol. The van der Waals surface area contributed by atoms with Crippen molar-refractivity contribution in [2.75, 3.05) is 0 Å². The molecule has 0 radical (unpaired) electrons. The number of thioether (sulfide) groups is 2. The Morgan fingerprint density at radius 2 is 1.89 bits per heavy atom. The number of nitrogens with one attached hydrogen (secondary N) is 2. The molecule has 0 aliphatic heterocycles. The number of aryl methyl sites for hydroxylation is 1. The van der Waals surface area contributed by atoms with E-state index in [2.05, 4.69) is 0 Å². The zero-order chi connectivity index (χ0) is 19.6. The molecule has 140 valence electrons. The van der Waals surface area contributed by atoms with Crippen LogP contribution >= 0.6 is 35.1 Å². The summed E-state index contributed by atoms with van der Waals surface area (Å²) in [6.07, 6.45) is -1.03. The number of alkyl halides is 2. The van der Waals surface area contributed by atoms with Gasteiger partial charge in [0.2, 0.25) is 0 Å². The quantitative estimate of drug-likeness (QED) is 0.280. The highest BCUT2D eigenvalue weighted by Gasteiger charge is 2.19. The van der Waals surface area contributed by atoms with Crippen molar-refractivity contribution in [2.45, 2.75) is 24.0 Å². The first-order valence-corrected chi connectivity index (χ1v) is 10.2. The molecule has 8 heteroatoms. The van der Waals surface area contributed by atoms with Gasteiger partial charge in [-0.1, -0.05) is 41.9 Å². The molecule has 0 saturated carbocycles. The van der Waals surface area contributed by atoms with Crippen LogP contribution in [0.4, 0.5) is 8.78 Å². The van der Waals surface area contributed by atoms with E-state index >= 15 is 0 Å². The lowest BCUT2D eigenvalue weighted by Crippen LogP contribution is -2.09. The minimum Gasteiger partial charge on any atom is -0.312 e. The fourth-order valence-corrected chi connectivity index (χ4v) is 4.55. The van der Waals surface area contributed by atoms with E-state index in [1.165, 1.54) is 5.56 Å². The van der Waals surface area contributed by atoms with Crippen molar-refractivity contribution >= 4 is 50.7 Å². The number of benzene rings is 1. The van der Waals surface area contributed by atoms with Gasteiger partial charge in [-0.25, -0.2) is 8.78 Å². The van der Waals surface area contributed by atoms with E-state index < -0.39 is 11.5 Å². The Morgan fingerprint density at radius 3 is 2.56 bits per heavy atom. The molecule has 0 aliphatic carbocycles. The first-order valence-electron chi connectivity index (χ1n) is 7.98. The summed E-state index contributed by atoms with van der Waals surface area (Å²) in [6, 6.07) is 13.6. The van der Waals surface area contributed by atoms with Gasteiger partial charge in [0.15, 0.2) is 0 Å². The molecular weight excluding hydrogens is 408 g/mol. The van der Waals surface area contributed by atoms with Crippen LogP contribution in [0.2, 0.25) is 5.02 Å². The summed E-state index contributed by atoms with van der Waals surface area (Å²) < 4.78 is 27.0. The number of rotatable bonds is 5. The van der Waals surface area contributed by atoms with E-state index in [0.29, 0.717) is 22.5 Å². The van der Waals surface area contributed by atoms with E-state index in [0.717, 1.165) is 21.7 Å². The van der Waals surface area contributed by atoms with Crippen LogP contribution in [0.3, 0.4) is 0 Å². The molecule has 0 saturated heterocycles. The second-order valence-electron chi connectivity index (χ2n) is 5.83. The van der Waals surface area contributed by atoms with Crippen LogP contribution < -0.4 is 0 Å². The lowest BCUT2D eigenvalue weighted by atomic mass is 10.2. The van der Waals surface area contributed by atoms with E-state index in [1.54, 1.807) is 22.2 Å². The molecule has 27 heavy (non-hydrogen) atoms. The summed E-state index contributed by atoms with van der Waals surface area (Å²) in [4.78, 5) is 0.912. The Bertz CT molecular complexity index is 1000. The molecule has 0 atom stereocenters. The van der Waals surface area contributed by atoms with Crippen LogP contribution in [-0.2, 0) is 5.75 Å². The highest BCUT2D eigenvalue weighted by Crippen LogP contribution is 2.32. The van der Waals surface area contributed by atoms with Gasteiger partial charge in [0.25, 0.3) is 6.43 Å². The van der Waals surface area contributed by atoms with Crippen LogP contribution in [0.15, 0.2) is 53.6 Å². The Labute approximate surface area is 169 Å². The van der Waals surface area contributed by atoms with Crippen molar-refractivity contribution in [3.8, 4) is 0 Å². The molecule has 0 amide bonds. The maximum atomic E-state index is 12.6. The smallest absolute Gasteiger partial charge is 0.285 e. The van der Waals surface area contributed by atoms with Crippen molar-refractivity contribution in [2.24, 2.45) is 0 Å². The second-order valence-corrected chi connectivity index (χ2v) is 8.33. The van der Waals surface area contributed by atoms with Gasteiger partial charge in [0.1, 0.15) is 10.1 Å². The van der Waals surface area contributed by atoms with Crippen molar-refractivity contribution in [1.82, 2.24) is 4.40 Å². The highest BCUT2D eigenvalue weighted by atomic mass is 35.5. The van der Waals surface area contributed by atoms with Crippen molar-refractivity contribution in [3.63, 3.8) is 0 Å². The number of aromatic nitrogens is 1. The molecule has 2 N–H and O–H groups in total. The third-order valence-electron chi connectivity index (χ3n) is 3.87. The summed E-state index contributed by atoms with van der Waals surface area (Å²) in [5, 5.41) is 15.1. The zero-order valence-electron chi connectivity index (χ0n) is 14.3. The summed E-state index contributed by atoms with van der Waals surface area (Å²) in [6.45, 7) is 1.86. The van der Waals surface area contributed by atoms with E-state index in [4.69, 9.17) is 22.4 Å². The molecule has 3 rings (SSSR count). The first kappa shape index (κ1) is 19.9. The average Bonchev–Trinajstić information content (AvgIpc) is 2.98. The standard InChI is InChI=1S/C19H16ClF2N3S2/c1-11-7-15(18(23)27-19(24)17(21)22)25-9-13(8-14(20)16(11)25)26-10-12-5-3-2-4-6-12/h2-9,17,23-24H,10H2,1H3. The molecule has 0 aliphatic rings. The summed E-state index contributed by atoms with van der Waals surface area (Å²) >= 11 is 8.51. The maximum Gasteiger partial charge on any atom is 0.285 e. The number of nitrogens with zero attached hydrogens (tertiary/aromatic N) is 1. The van der Waals surface area contributed by atoms with Gasteiger partial charge >= 0.3 is 0 Å². The molecule has 2 heterocycles. The Balaban J connectivity index is 1.92. The predicted octanol–water partition coefficient (Wildman–Crippen LogP) is 6.49.